The van der Waals surface area contributed by atoms with E-state index in [4.69, 9.17) is 0 Å². The third-order valence-electron chi connectivity index (χ3n) is 4.32. The van der Waals surface area contributed by atoms with Gasteiger partial charge in [0, 0.05) is 6.04 Å². The van der Waals surface area contributed by atoms with E-state index in [1.165, 1.54) is 11.1 Å². The first-order valence-corrected chi connectivity index (χ1v) is 9.84. The lowest BCUT2D eigenvalue weighted by Crippen LogP contribution is -2.42. The first kappa shape index (κ1) is 16.5. The zero-order valence-electron chi connectivity index (χ0n) is 13.1. The molecule has 21 heavy (non-hydrogen) atoms. The molecule has 0 aliphatic heterocycles. The summed E-state index contributed by atoms with van der Waals surface area (Å²) in [6.07, 6.45) is 4.32. The summed E-state index contributed by atoms with van der Waals surface area (Å²) in [4.78, 5) is 0. The molecule has 0 aromatic heterocycles. The lowest BCUT2D eigenvalue weighted by Gasteiger charge is -2.34. The van der Waals surface area contributed by atoms with Gasteiger partial charge in [0.2, 0.25) is 0 Å². The van der Waals surface area contributed by atoms with Gasteiger partial charge in [0.25, 0.3) is 0 Å². The summed E-state index contributed by atoms with van der Waals surface area (Å²) in [6, 6.07) is 8.23. The normalized spacial score (nSPS) is 22.0. The Morgan fingerprint density at radius 2 is 1.95 bits per heavy atom. The van der Waals surface area contributed by atoms with Crippen molar-refractivity contribution in [2.24, 2.45) is 0 Å². The van der Waals surface area contributed by atoms with Crippen LogP contribution in [0.1, 0.15) is 56.7 Å². The summed E-state index contributed by atoms with van der Waals surface area (Å²) in [5.74, 6) is 0.320. The predicted octanol–water partition coefficient (Wildman–Crippen LogP) is 3.26. The maximum atomic E-state index is 12.7. The molecule has 1 aliphatic carbocycles. The highest BCUT2D eigenvalue weighted by Crippen LogP contribution is 2.34. The van der Waals surface area contributed by atoms with E-state index in [0.717, 1.165) is 38.6 Å². The first-order valence-electron chi connectivity index (χ1n) is 8.13. The van der Waals surface area contributed by atoms with Gasteiger partial charge in [0.1, 0.15) is 0 Å². The Hall–Kier alpha value is -0.870. The molecule has 1 aromatic rings. The van der Waals surface area contributed by atoms with Crippen LogP contribution in [0.5, 0.6) is 0 Å². The zero-order valence-corrected chi connectivity index (χ0v) is 14.0. The van der Waals surface area contributed by atoms with Crippen molar-refractivity contribution in [3.63, 3.8) is 0 Å². The van der Waals surface area contributed by atoms with Crippen molar-refractivity contribution in [2.45, 2.75) is 57.2 Å². The first-order chi connectivity index (χ1) is 10.1. The molecule has 0 amide bonds. The van der Waals surface area contributed by atoms with Crippen LogP contribution in [-0.4, -0.2) is 26.0 Å². The van der Waals surface area contributed by atoms with Crippen LogP contribution in [0.4, 0.5) is 0 Å². The molecule has 0 fully saturated rings. The van der Waals surface area contributed by atoms with Gasteiger partial charge in [-0.15, -0.1) is 0 Å². The zero-order chi connectivity index (χ0) is 15.3. The maximum absolute atomic E-state index is 12.7. The number of aryl methyl sites for hydroxylation is 1. The van der Waals surface area contributed by atoms with Gasteiger partial charge >= 0.3 is 0 Å². The number of fused-ring (bicyclic) bond motifs is 1. The van der Waals surface area contributed by atoms with Crippen LogP contribution < -0.4 is 5.32 Å². The third-order valence-corrected chi connectivity index (χ3v) is 6.61. The average molecular weight is 309 g/mol. The molecule has 0 bridgehead atoms. The topological polar surface area (TPSA) is 46.2 Å². The highest BCUT2D eigenvalue weighted by molar-refractivity contribution is 7.92. The summed E-state index contributed by atoms with van der Waals surface area (Å²) in [6.45, 7) is 5.01. The number of rotatable bonds is 7. The number of nitrogens with one attached hydrogen (secondary N) is 1. The summed E-state index contributed by atoms with van der Waals surface area (Å²) < 4.78 is 25.4. The van der Waals surface area contributed by atoms with Gasteiger partial charge in [0.15, 0.2) is 9.84 Å². The molecule has 0 saturated heterocycles. The second-order valence-corrected chi connectivity index (χ2v) is 8.27. The van der Waals surface area contributed by atoms with Crippen LogP contribution in [0.2, 0.25) is 0 Å². The van der Waals surface area contributed by atoms with Crippen LogP contribution in [0, 0.1) is 0 Å². The largest absolute Gasteiger partial charge is 0.309 e. The summed E-state index contributed by atoms with van der Waals surface area (Å²) >= 11 is 0. The van der Waals surface area contributed by atoms with Crippen LogP contribution in [0.3, 0.4) is 0 Å². The van der Waals surface area contributed by atoms with Crippen molar-refractivity contribution in [2.75, 3.05) is 12.3 Å². The molecule has 2 unspecified atom stereocenters. The van der Waals surface area contributed by atoms with Crippen molar-refractivity contribution in [3.05, 3.63) is 35.4 Å². The fourth-order valence-corrected chi connectivity index (χ4v) is 5.28. The molecule has 0 saturated carbocycles. The molecule has 0 radical (unpaired) electrons. The van der Waals surface area contributed by atoms with E-state index < -0.39 is 9.84 Å². The number of sulfone groups is 1. The molecular formula is C17H27NO2S. The lowest BCUT2D eigenvalue weighted by molar-refractivity contribution is 0.447. The molecule has 0 heterocycles. The Morgan fingerprint density at radius 1 is 1.19 bits per heavy atom. The van der Waals surface area contributed by atoms with Crippen LogP contribution in [0.15, 0.2) is 24.3 Å². The second-order valence-electron chi connectivity index (χ2n) is 5.93. The number of unbranched alkanes of at least 4 members (excludes halogenated alkanes) is 1. The molecule has 1 aliphatic rings. The third kappa shape index (κ3) is 3.86. The van der Waals surface area contributed by atoms with E-state index in [9.17, 15) is 8.42 Å². The van der Waals surface area contributed by atoms with E-state index in [1.54, 1.807) is 0 Å². The van der Waals surface area contributed by atoms with Crippen molar-refractivity contribution in [3.8, 4) is 0 Å². The Bertz CT molecular complexity index is 554. The molecule has 2 rings (SSSR count). The van der Waals surface area contributed by atoms with Crippen LogP contribution >= 0.6 is 0 Å². The van der Waals surface area contributed by atoms with Crippen LogP contribution in [0.25, 0.3) is 0 Å². The van der Waals surface area contributed by atoms with E-state index in [1.807, 2.05) is 19.1 Å². The van der Waals surface area contributed by atoms with Gasteiger partial charge in [-0.1, -0.05) is 44.5 Å². The fraction of sp³-hybridized carbons (Fsp3) is 0.647. The summed E-state index contributed by atoms with van der Waals surface area (Å²) in [7, 11) is -3.03. The van der Waals surface area contributed by atoms with Crippen molar-refractivity contribution >= 4 is 9.84 Å². The number of hydrogen-bond donors (Lipinski definition) is 1. The monoisotopic (exact) mass is 309 g/mol. The maximum Gasteiger partial charge on any atom is 0.155 e. The van der Waals surface area contributed by atoms with Gasteiger partial charge in [-0.25, -0.2) is 8.42 Å². The number of hydrogen-bond acceptors (Lipinski definition) is 3. The standard InChI is InChI=1S/C17H27NO2S/c1-3-5-13-21(19,20)16-11-10-14-8-6-7-9-15(14)17(16)18-12-4-2/h6-9,16-18H,3-5,10-13H2,1-2H3. The molecule has 118 valence electrons. The Morgan fingerprint density at radius 3 is 2.67 bits per heavy atom. The quantitative estimate of drug-likeness (QED) is 0.841. The molecule has 1 aromatic carbocycles. The Balaban J connectivity index is 2.29. The van der Waals surface area contributed by atoms with Gasteiger partial charge in [-0.3, -0.25) is 0 Å². The fourth-order valence-electron chi connectivity index (χ4n) is 3.16. The highest BCUT2D eigenvalue weighted by atomic mass is 32.2. The SMILES string of the molecule is CCCCS(=O)(=O)C1CCc2ccccc2C1NCCC. The lowest BCUT2D eigenvalue weighted by atomic mass is 9.87. The predicted molar refractivity (Wildman–Crippen MR) is 88.3 cm³/mol. The molecule has 1 N–H and O–H groups in total. The smallest absolute Gasteiger partial charge is 0.155 e. The Labute approximate surface area is 129 Å². The van der Waals surface area contributed by atoms with Crippen molar-refractivity contribution in [1.29, 1.82) is 0 Å². The Kier molecular flexibility index (Phi) is 5.82. The second kappa shape index (κ2) is 7.41. The van der Waals surface area contributed by atoms with E-state index in [-0.39, 0.29) is 11.3 Å². The van der Waals surface area contributed by atoms with E-state index in [0.29, 0.717) is 5.75 Å². The molecule has 0 spiro atoms. The highest BCUT2D eigenvalue weighted by Gasteiger charge is 2.37. The molecule has 4 heteroatoms. The minimum atomic E-state index is -3.03. The van der Waals surface area contributed by atoms with E-state index >= 15 is 0 Å². The average Bonchev–Trinajstić information content (AvgIpc) is 2.50. The van der Waals surface area contributed by atoms with Crippen molar-refractivity contribution in [1.82, 2.24) is 5.32 Å². The molecular weight excluding hydrogens is 282 g/mol. The minimum absolute atomic E-state index is 0.0447. The van der Waals surface area contributed by atoms with Gasteiger partial charge in [-0.05, 0) is 43.4 Å². The number of benzene rings is 1. The van der Waals surface area contributed by atoms with Crippen LogP contribution in [-0.2, 0) is 16.3 Å². The van der Waals surface area contributed by atoms with Crippen molar-refractivity contribution < 1.29 is 8.42 Å². The summed E-state index contributed by atoms with van der Waals surface area (Å²) in [5, 5.41) is 3.21. The summed E-state index contributed by atoms with van der Waals surface area (Å²) in [5.41, 5.74) is 2.48. The van der Waals surface area contributed by atoms with Gasteiger partial charge in [-0.2, -0.15) is 0 Å². The molecule has 3 nitrogen and oxygen atoms in total. The van der Waals surface area contributed by atoms with Gasteiger partial charge < -0.3 is 5.32 Å². The van der Waals surface area contributed by atoms with E-state index in [2.05, 4.69) is 24.4 Å². The molecule has 2 atom stereocenters. The minimum Gasteiger partial charge on any atom is -0.309 e. The van der Waals surface area contributed by atoms with Gasteiger partial charge in [0.05, 0.1) is 11.0 Å².